The zero-order valence-electron chi connectivity index (χ0n) is 5.49. The quantitative estimate of drug-likeness (QED) is 0.274. The van der Waals surface area contributed by atoms with Crippen molar-refractivity contribution in [1.29, 1.82) is 0 Å². The zero-order valence-corrected chi connectivity index (χ0v) is 6.49. The maximum atomic E-state index is 4.89. The standard InChI is InChI=1S/C5H8.Na.H/c1-3-5-4-2;;/h1H,4-5H2,2H3;;/q;+1;-1. The molecule has 0 spiro atoms. The second-order valence-electron chi connectivity index (χ2n) is 0.954. The summed E-state index contributed by atoms with van der Waals surface area (Å²) in [5.74, 6) is 2.52. The second kappa shape index (κ2) is 9.12. The van der Waals surface area contributed by atoms with Gasteiger partial charge in [0.15, 0.2) is 0 Å². The first-order valence-corrected chi connectivity index (χ1v) is 1.85. The van der Waals surface area contributed by atoms with Crippen LogP contribution in [0, 0.1) is 12.3 Å². The fraction of sp³-hybridized carbons (Fsp3) is 0.600. The van der Waals surface area contributed by atoms with Gasteiger partial charge in [0.2, 0.25) is 0 Å². The van der Waals surface area contributed by atoms with Crippen LogP contribution >= 0.6 is 0 Å². The monoisotopic (exact) mass is 92.1 g/mol. The molecule has 6 heavy (non-hydrogen) atoms. The Bertz CT molecular complexity index is 46.5. The molecule has 0 saturated carbocycles. The van der Waals surface area contributed by atoms with E-state index in [1.54, 1.807) is 0 Å². The molecule has 0 rings (SSSR count). The molecule has 0 aromatic rings. The Morgan fingerprint density at radius 2 is 2.33 bits per heavy atom. The zero-order chi connectivity index (χ0) is 4.12. The van der Waals surface area contributed by atoms with Crippen molar-refractivity contribution in [2.45, 2.75) is 19.8 Å². The smallest absolute Gasteiger partial charge is 1.00 e. The van der Waals surface area contributed by atoms with Gasteiger partial charge in [0.25, 0.3) is 0 Å². The molecule has 30 valence electrons. The molecule has 0 unspecified atom stereocenters. The van der Waals surface area contributed by atoms with E-state index in [2.05, 4.69) is 12.8 Å². The summed E-state index contributed by atoms with van der Waals surface area (Å²) >= 11 is 0. The molecule has 0 bridgehead atoms. The summed E-state index contributed by atoms with van der Waals surface area (Å²) < 4.78 is 0. The molecule has 0 aromatic carbocycles. The molecule has 0 aliphatic carbocycles. The SMILES string of the molecule is C#CCCC.[H-].[Na+]. The summed E-state index contributed by atoms with van der Waals surface area (Å²) in [6, 6.07) is 0. The number of rotatable bonds is 1. The maximum Gasteiger partial charge on any atom is 1.00 e. The minimum atomic E-state index is 0. The van der Waals surface area contributed by atoms with Gasteiger partial charge in [-0.2, -0.15) is 0 Å². The van der Waals surface area contributed by atoms with Crippen LogP contribution in [0.5, 0.6) is 0 Å². The van der Waals surface area contributed by atoms with E-state index in [1.165, 1.54) is 0 Å². The van der Waals surface area contributed by atoms with Gasteiger partial charge in [-0.3, -0.25) is 0 Å². The van der Waals surface area contributed by atoms with Crippen molar-refractivity contribution >= 4 is 0 Å². The molecule has 0 heterocycles. The summed E-state index contributed by atoms with van der Waals surface area (Å²) in [7, 11) is 0. The minimum Gasteiger partial charge on any atom is -1.00 e. The van der Waals surface area contributed by atoms with E-state index in [9.17, 15) is 0 Å². The Kier molecular flexibility index (Phi) is 14.8. The summed E-state index contributed by atoms with van der Waals surface area (Å²) in [4.78, 5) is 0. The van der Waals surface area contributed by atoms with Gasteiger partial charge in [0.05, 0.1) is 0 Å². The third-order valence-corrected chi connectivity index (χ3v) is 0.394. The molecule has 0 atom stereocenters. The number of hydrogen-bond acceptors (Lipinski definition) is 0. The van der Waals surface area contributed by atoms with Crippen LogP contribution in [0.2, 0.25) is 0 Å². The Labute approximate surface area is 63.1 Å². The topological polar surface area (TPSA) is 0 Å². The van der Waals surface area contributed by atoms with E-state index in [4.69, 9.17) is 6.42 Å². The maximum absolute atomic E-state index is 4.89. The molecule has 0 amide bonds. The van der Waals surface area contributed by atoms with Crippen LogP contribution in [-0.2, 0) is 0 Å². The number of unbranched alkanes of at least 4 members (excludes halogenated alkanes) is 1. The normalized spacial score (nSPS) is 5.33. The third kappa shape index (κ3) is 8.82. The second-order valence-corrected chi connectivity index (χ2v) is 0.954. The van der Waals surface area contributed by atoms with Gasteiger partial charge in [-0.15, -0.1) is 12.3 Å². The number of terminal acetylenes is 1. The fourth-order valence-electron chi connectivity index (χ4n) is 0.144. The largest absolute Gasteiger partial charge is 1.00 e. The Hall–Kier alpha value is 0.560. The van der Waals surface area contributed by atoms with Crippen molar-refractivity contribution in [2.75, 3.05) is 0 Å². The molecule has 0 aliphatic rings. The van der Waals surface area contributed by atoms with Crippen LogP contribution in [0.4, 0.5) is 0 Å². The van der Waals surface area contributed by atoms with Crippen molar-refractivity contribution in [3.63, 3.8) is 0 Å². The average Bonchev–Trinajstić information content (AvgIpc) is 1.41. The minimum absolute atomic E-state index is 0. The van der Waals surface area contributed by atoms with Gasteiger partial charge >= 0.3 is 29.6 Å². The van der Waals surface area contributed by atoms with E-state index in [0.29, 0.717) is 0 Å². The van der Waals surface area contributed by atoms with Gasteiger partial charge in [0, 0.05) is 6.42 Å². The summed E-state index contributed by atoms with van der Waals surface area (Å²) in [6.07, 6.45) is 6.91. The van der Waals surface area contributed by atoms with Crippen LogP contribution in [0.1, 0.15) is 21.2 Å². The third-order valence-electron chi connectivity index (χ3n) is 0.394. The van der Waals surface area contributed by atoms with Crippen LogP contribution in [0.3, 0.4) is 0 Å². The summed E-state index contributed by atoms with van der Waals surface area (Å²) in [6.45, 7) is 2.07. The molecule has 0 aromatic heterocycles. The van der Waals surface area contributed by atoms with Crippen LogP contribution in [0.25, 0.3) is 0 Å². The van der Waals surface area contributed by atoms with E-state index in [-0.39, 0.29) is 31.0 Å². The van der Waals surface area contributed by atoms with E-state index < -0.39 is 0 Å². The first-order valence-electron chi connectivity index (χ1n) is 1.85. The first-order chi connectivity index (χ1) is 2.41. The van der Waals surface area contributed by atoms with Crippen molar-refractivity contribution in [1.82, 2.24) is 0 Å². The fourth-order valence-corrected chi connectivity index (χ4v) is 0.144. The Balaban J connectivity index is -0.0000000800. The molecule has 0 aliphatic heterocycles. The van der Waals surface area contributed by atoms with E-state index in [0.717, 1.165) is 12.8 Å². The van der Waals surface area contributed by atoms with Gasteiger partial charge in [-0.1, -0.05) is 6.92 Å². The predicted octanol–water partition coefficient (Wildman–Crippen LogP) is -1.46. The molecule has 1 heteroatoms. The molecule has 0 nitrogen and oxygen atoms in total. The average molecular weight is 92.1 g/mol. The molecule has 0 saturated heterocycles. The van der Waals surface area contributed by atoms with Crippen LogP contribution in [-0.4, -0.2) is 0 Å². The van der Waals surface area contributed by atoms with Crippen molar-refractivity contribution in [3.05, 3.63) is 0 Å². The Morgan fingerprint density at radius 1 is 1.83 bits per heavy atom. The van der Waals surface area contributed by atoms with E-state index in [1.807, 2.05) is 0 Å². The van der Waals surface area contributed by atoms with Crippen LogP contribution in [0.15, 0.2) is 0 Å². The molecule has 0 fully saturated rings. The van der Waals surface area contributed by atoms with Gasteiger partial charge in [-0.05, 0) is 6.42 Å². The first kappa shape index (κ1) is 9.75. The van der Waals surface area contributed by atoms with Gasteiger partial charge in [-0.25, -0.2) is 0 Å². The molecular formula is C5H9Na. The van der Waals surface area contributed by atoms with Crippen LogP contribution < -0.4 is 29.6 Å². The summed E-state index contributed by atoms with van der Waals surface area (Å²) in [5, 5.41) is 0. The van der Waals surface area contributed by atoms with Gasteiger partial charge in [0.1, 0.15) is 0 Å². The summed E-state index contributed by atoms with van der Waals surface area (Å²) in [5.41, 5.74) is 0. The number of hydrogen-bond donors (Lipinski definition) is 0. The van der Waals surface area contributed by atoms with E-state index >= 15 is 0 Å². The molecular weight excluding hydrogens is 83.0 g/mol. The van der Waals surface area contributed by atoms with Crippen molar-refractivity contribution in [3.8, 4) is 12.3 Å². The predicted molar refractivity (Wildman–Crippen MR) is 24.9 cm³/mol. The van der Waals surface area contributed by atoms with Gasteiger partial charge < -0.3 is 1.43 Å². The van der Waals surface area contributed by atoms with Crippen molar-refractivity contribution < 1.29 is 31.0 Å². The van der Waals surface area contributed by atoms with Crippen molar-refractivity contribution in [2.24, 2.45) is 0 Å². The molecule has 0 N–H and O–H groups in total. The Morgan fingerprint density at radius 3 is 2.33 bits per heavy atom. The molecule has 0 radical (unpaired) electrons.